The van der Waals surface area contributed by atoms with E-state index in [2.05, 4.69) is 18.7 Å². The molecule has 0 aromatic heterocycles. The van der Waals surface area contributed by atoms with E-state index < -0.39 is 21.6 Å². The number of unbranched alkanes of at least 4 members (excludes halogenated alkanes) is 1. The fraction of sp³-hybridized carbons (Fsp3) is 0.562. The highest BCUT2D eigenvalue weighted by Crippen LogP contribution is 2.20. The van der Waals surface area contributed by atoms with E-state index in [-0.39, 0.29) is 11.8 Å². The third-order valence-electron chi connectivity index (χ3n) is 3.66. The number of hydrogen-bond donors (Lipinski definition) is 1. The van der Waals surface area contributed by atoms with Crippen LogP contribution in [0, 0.1) is 0 Å². The molecular weight excluding hydrogens is 302 g/mol. The van der Waals surface area contributed by atoms with Gasteiger partial charge in [0.2, 0.25) is 0 Å². The first-order valence-electron chi connectivity index (χ1n) is 7.57. The number of benzene rings is 1. The van der Waals surface area contributed by atoms with Crippen LogP contribution in [0.25, 0.3) is 0 Å². The van der Waals surface area contributed by atoms with Gasteiger partial charge in [-0.1, -0.05) is 43.7 Å². The van der Waals surface area contributed by atoms with E-state index in [0.29, 0.717) is 6.54 Å². The molecule has 1 rings (SSSR count). The molecule has 1 aromatic rings. The monoisotopic (exact) mass is 327 g/mol. The summed E-state index contributed by atoms with van der Waals surface area (Å²) in [7, 11) is -3.56. The first-order valence-corrected chi connectivity index (χ1v) is 9.39. The van der Waals surface area contributed by atoms with E-state index in [9.17, 15) is 13.2 Å². The highest BCUT2D eigenvalue weighted by atomic mass is 32.2. The lowest BCUT2D eigenvalue weighted by Crippen LogP contribution is -2.34. The van der Waals surface area contributed by atoms with Crippen molar-refractivity contribution in [1.82, 2.24) is 4.90 Å². The van der Waals surface area contributed by atoms with Gasteiger partial charge in [0.1, 0.15) is 5.75 Å². The second-order valence-electron chi connectivity index (χ2n) is 5.46. The summed E-state index contributed by atoms with van der Waals surface area (Å²) in [6, 6.07) is 10.0. The second kappa shape index (κ2) is 8.90. The summed E-state index contributed by atoms with van der Waals surface area (Å²) in [6.07, 6.45) is 2.01. The molecule has 6 heteroatoms. The molecule has 124 valence electrons. The zero-order chi connectivity index (χ0) is 16.6. The Labute approximate surface area is 132 Å². The summed E-state index contributed by atoms with van der Waals surface area (Å²) in [5.41, 5.74) is 1.13. The van der Waals surface area contributed by atoms with Gasteiger partial charge in [0.05, 0.1) is 5.75 Å². The Morgan fingerprint density at radius 1 is 1.23 bits per heavy atom. The van der Waals surface area contributed by atoms with Crippen molar-refractivity contribution in [2.24, 2.45) is 0 Å². The largest absolute Gasteiger partial charge is 0.480 e. The van der Waals surface area contributed by atoms with Crippen LogP contribution in [0.3, 0.4) is 0 Å². The van der Waals surface area contributed by atoms with Gasteiger partial charge >= 0.3 is 5.97 Å². The number of carbonyl (C=O) groups is 1. The lowest BCUT2D eigenvalue weighted by atomic mass is 10.1. The summed E-state index contributed by atoms with van der Waals surface area (Å²) < 4.78 is 23.5. The minimum absolute atomic E-state index is 0.104. The lowest BCUT2D eigenvalue weighted by molar-refractivity contribution is -0.134. The quantitative estimate of drug-likeness (QED) is 0.714. The Hall–Kier alpha value is -1.40. The normalized spacial score (nSPS) is 13.2. The molecule has 0 saturated heterocycles. The van der Waals surface area contributed by atoms with Gasteiger partial charge in [-0.2, -0.15) is 0 Å². The third-order valence-corrected chi connectivity index (χ3v) is 5.15. The molecule has 1 unspecified atom stereocenters. The molecule has 0 saturated carbocycles. The summed E-state index contributed by atoms with van der Waals surface area (Å²) in [5.74, 6) is -2.22. The van der Waals surface area contributed by atoms with Crippen molar-refractivity contribution in [3.8, 4) is 0 Å². The minimum Gasteiger partial charge on any atom is -0.480 e. The molecule has 0 aliphatic carbocycles. The highest BCUT2D eigenvalue weighted by Gasteiger charge is 2.20. The number of sulfone groups is 1. The standard InChI is InChI=1S/C16H25NO4S/c1-3-4-10-17(11-12-22(20,21)13-16(18)19)14(2)15-8-6-5-7-9-15/h5-9,14H,3-4,10-13H2,1-2H3,(H,18,19). The number of carboxylic acid groups (broad SMARTS) is 1. The lowest BCUT2D eigenvalue weighted by Gasteiger charge is -2.29. The van der Waals surface area contributed by atoms with Crippen LogP contribution >= 0.6 is 0 Å². The maximum Gasteiger partial charge on any atom is 0.318 e. The smallest absolute Gasteiger partial charge is 0.318 e. The van der Waals surface area contributed by atoms with Gasteiger partial charge in [-0.05, 0) is 25.5 Å². The molecule has 0 bridgehead atoms. The first-order chi connectivity index (χ1) is 10.4. The summed E-state index contributed by atoms with van der Waals surface area (Å²) in [4.78, 5) is 12.7. The SMILES string of the molecule is CCCCN(CCS(=O)(=O)CC(=O)O)C(C)c1ccccc1. The topological polar surface area (TPSA) is 74.7 Å². The summed E-state index contributed by atoms with van der Waals surface area (Å²) in [6.45, 7) is 5.29. The van der Waals surface area contributed by atoms with Gasteiger partial charge in [0.25, 0.3) is 0 Å². The third kappa shape index (κ3) is 6.58. The van der Waals surface area contributed by atoms with Gasteiger partial charge in [0.15, 0.2) is 9.84 Å². The van der Waals surface area contributed by atoms with Gasteiger partial charge in [-0.15, -0.1) is 0 Å². The molecule has 1 N–H and O–H groups in total. The van der Waals surface area contributed by atoms with Crippen LogP contribution in [0.1, 0.15) is 38.3 Å². The van der Waals surface area contributed by atoms with Crippen molar-refractivity contribution < 1.29 is 18.3 Å². The predicted molar refractivity (Wildman–Crippen MR) is 87.6 cm³/mol. The molecule has 0 aliphatic heterocycles. The van der Waals surface area contributed by atoms with Gasteiger partial charge < -0.3 is 5.11 Å². The van der Waals surface area contributed by atoms with E-state index in [0.717, 1.165) is 24.9 Å². The van der Waals surface area contributed by atoms with E-state index in [1.165, 1.54) is 0 Å². The second-order valence-corrected chi connectivity index (χ2v) is 7.65. The molecule has 0 radical (unpaired) electrons. The predicted octanol–water partition coefficient (Wildman–Crippen LogP) is 2.35. The minimum atomic E-state index is -3.56. The molecule has 0 fully saturated rings. The van der Waals surface area contributed by atoms with Crippen molar-refractivity contribution in [2.75, 3.05) is 24.6 Å². The Bertz CT molecular complexity index is 557. The Balaban J connectivity index is 2.74. The van der Waals surface area contributed by atoms with Crippen molar-refractivity contribution >= 4 is 15.8 Å². The van der Waals surface area contributed by atoms with Crippen LogP contribution in [-0.4, -0.2) is 49.0 Å². The fourth-order valence-corrected chi connectivity index (χ4v) is 3.35. The van der Waals surface area contributed by atoms with Gasteiger partial charge in [-0.25, -0.2) is 8.42 Å². The van der Waals surface area contributed by atoms with Crippen LogP contribution in [-0.2, 0) is 14.6 Å². The zero-order valence-corrected chi connectivity index (χ0v) is 14.1. The van der Waals surface area contributed by atoms with Crippen LogP contribution in [0.2, 0.25) is 0 Å². The fourth-order valence-electron chi connectivity index (χ4n) is 2.32. The zero-order valence-electron chi connectivity index (χ0n) is 13.2. The van der Waals surface area contributed by atoms with E-state index in [4.69, 9.17) is 5.11 Å². The first kappa shape index (κ1) is 18.6. The number of carboxylic acids is 1. The van der Waals surface area contributed by atoms with E-state index in [1.807, 2.05) is 30.3 Å². The van der Waals surface area contributed by atoms with Crippen LogP contribution in [0.5, 0.6) is 0 Å². The molecule has 0 heterocycles. The molecule has 22 heavy (non-hydrogen) atoms. The summed E-state index contributed by atoms with van der Waals surface area (Å²) >= 11 is 0. The van der Waals surface area contributed by atoms with Crippen molar-refractivity contribution in [1.29, 1.82) is 0 Å². The molecule has 0 aliphatic rings. The Kier molecular flexibility index (Phi) is 7.55. The van der Waals surface area contributed by atoms with Crippen LogP contribution in [0.15, 0.2) is 30.3 Å². The maximum absolute atomic E-state index is 11.8. The van der Waals surface area contributed by atoms with Gasteiger partial charge in [0, 0.05) is 12.6 Å². The number of aliphatic carboxylic acids is 1. The molecule has 0 spiro atoms. The highest BCUT2D eigenvalue weighted by molar-refractivity contribution is 7.92. The number of nitrogens with zero attached hydrogens (tertiary/aromatic N) is 1. The van der Waals surface area contributed by atoms with Crippen LogP contribution < -0.4 is 0 Å². The Morgan fingerprint density at radius 3 is 2.41 bits per heavy atom. The number of rotatable bonds is 10. The molecule has 1 aromatic carbocycles. The van der Waals surface area contributed by atoms with E-state index >= 15 is 0 Å². The average molecular weight is 327 g/mol. The van der Waals surface area contributed by atoms with Crippen LogP contribution in [0.4, 0.5) is 0 Å². The molecule has 5 nitrogen and oxygen atoms in total. The van der Waals surface area contributed by atoms with Gasteiger partial charge in [-0.3, -0.25) is 9.69 Å². The number of hydrogen-bond acceptors (Lipinski definition) is 4. The Morgan fingerprint density at radius 2 is 1.86 bits per heavy atom. The molecule has 1 atom stereocenters. The molecule has 0 amide bonds. The molecular formula is C16H25NO4S. The van der Waals surface area contributed by atoms with Crippen molar-refractivity contribution in [3.05, 3.63) is 35.9 Å². The maximum atomic E-state index is 11.8. The van der Waals surface area contributed by atoms with Crippen molar-refractivity contribution in [3.63, 3.8) is 0 Å². The average Bonchev–Trinajstić information content (AvgIpc) is 2.46. The van der Waals surface area contributed by atoms with E-state index in [1.54, 1.807) is 0 Å². The summed E-state index contributed by atoms with van der Waals surface area (Å²) in [5, 5.41) is 8.65. The van der Waals surface area contributed by atoms with Crippen molar-refractivity contribution in [2.45, 2.75) is 32.7 Å².